The van der Waals surface area contributed by atoms with Crippen molar-refractivity contribution in [2.24, 2.45) is 7.05 Å². The van der Waals surface area contributed by atoms with Gasteiger partial charge in [-0.2, -0.15) is 5.26 Å². The fourth-order valence-corrected chi connectivity index (χ4v) is 2.50. The number of fused-ring (bicyclic) bond motifs is 1. The van der Waals surface area contributed by atoms with E-state index in [-0.39, 0.29) is 17.4 Å². The molecule has 0 N–H and O–H groups in total. The summed E-state index contributed by atoms with van der Waals surface area (Å²) in [4.78, 5) is 16.8. The molecule has 0 saturated carbocycles. The topological polar surface area (TPSA) is 63.6 Å². The zero-order valence-electron chi connectivity index (χ0n) is 11.2. The lowest BCUT2D eigenvalue weighted by atomic mass is 10.1. The zero-order valence-corrected chi connectivity index (χ0v) is 12.0. The van der Waals surface area contributed by atoms with Crippen LogP contribution in [0.3, 0.4) is 0 Å². The number of hydrogen-bond acceptors (Lipinski definition) is 3. The van der Waals surface area contributed by atoms with Crippen molar-refractivity contribution in [3.63, 3.8) is 0 Å². The minimum Gasteiger partial charge on any atom is -0.335 e. The van der Waals surface area contributed by atoms with Gasteiger partial charge in [-0.05, 0) is 29.3 Å². The third-order valence-electron chi connectivity index (χ3n) is 3.40. The Kier molecular flexibility index (Phi) is 3.24. The Labute approximate surface area is 125 Å². The minimum absolute atomic E-state index is 0.113. The standard InChI is InChI=1S/C15H11ClN4O/c1-19-7-6-12-13(19)18-15(16)20(14(12)21)9-11-5-3-2-4-10(11)8-17/h2-7H,9H2,1H3. The van der Waals surface area contributed by atoms with Crippen molar-refractivity contribution >= 4 is 22.6 Å². The molecule has 2 heterocycles. The molecule has 0 amide bonds. The van der Waals surface area contributed by atoms with Crippen molar-refractivity contribution in [3.8, 4) is 6.07 Å². The second-order valence-corrected chi connectivity index (χ2v) is 5.04. The maximum Gasteiger partial charge on any atom is 0.264 e. The third kappa shape index (κ3) is 2.20. The van der Waals surface area contributed by atoms with Gasteiger partial charge in [-0.3, -0.25) is 9.36 Å². The fourth-order valence-electron chi connectivity index (χ4n) is 2.28. The van der Waals surface area contributed by atoms with Crippen LogP contribution < -0.4 is 5.56 Å². The molecule has 6 heteroatoms. The van der Waals surface area contributed by atoms with Gasteiger partial charge in [-0.15, -0.1) is 0 Å². The van der Waals surface area contributed by atoms with E-state index in [4.69, 9.17) is 16.9 Å². The van der Waals surface area contributed by atoms with Crippen LogP contribution in [0.1, 0.15) is 11.1 Å². The molecule has 3 aromatic rings. The molecule has 0 bridgehead atoms. The van der Waals surface area contributed by atoms with Crippen LogP contribution in [0.15, 0.2) is 41.3 Å². The molecule has 0 fully saturated rings. The van der Waals surface area contributed by atoms with Crippen LogP contribution in [0, 0.1) is 11.3 Å². The number of nitriles is 1. The number of aryl methyl sites for hydroxylation is 1. The molecule has 2 aromatic heterocycles. The lowest BCUT2D eigenvalue weighted by Gasteiger charge is -2.09. The third-order valence-corrected chi connectivity index (χ3v) is 3.69. The van der Waals surface area contributed by atoms with Crippen LogP contribution >= 0.6 is 11.6 Å². The van der Waals surface area contributed by atoms with Gasteiger partial charge in [0.25, 0.3) is 5.56 Å². The Morgan fingerprint density at radius 2 is 2.10 bits per heavy atom. The monoisotopic (exact) mass is 298 g/mol. The quantitative estimate of drug-likeness (QED) is 0.682. The van der Waals surface area contributed by atoms with Gasteiger partial charge in [0, 0.05) is 13.2 Å². The average Bonchev–Trinajstić information content (AvgIpc) is 2.85. The summed E-state index contributed by atoms with van der Waals surface area (Å²) in [5.41, 5.74) is 1.60. The predicted octanol–water partition coefficient (Wildman–Crippen LogP) is 2.31. The Bertz CT molecular complexity index is 933. The number of rotatable bonds is 2. The van der Waals surface area contributed by atoms with Crippen LogP contribution in [-0.4, -0.2) is 14.1 Å². The molecule has 21 heavy (non-hydrogen) atoms. The van der Waals surface area contributed by atoms with Crippen molar-refractivity contribution in [2.75, 3.05) is 0 Å². The minimum atomic E-state index is -0.210. The highest BCUT2D eigenvalue weighted by atomic mass is 35.5. The Morgan fingerprint density at radius 3 is 2.86 bits per heavy atom. The van der Waals surface area contributed by atoms with Crippen molar-refractivity contribution in [1.82, 2.24) is 14.1 Å². The number of nitrogens with zero attached hydrogens (tertiary/aromatic N) is 4. The van der Waals surface area contributed by atoms with Gasteiger partial charge in [0.05, 0.1) is 23.6 Å². The van der Waals surface area contributed by atoms with E-state index in [9.17, 15) is 4.79 Å². The molecule has 0 unspecified atom stereocenters. The van der Waals surface area contributed by atoms with Crippen molar-refractivity contribution in [3.05, 3.63) is 63.3 Å². The Morgan fingerprint density at radius 1 is 1.33 bits per heavy atom. The van der Waals surface area contributed by atoms with Crippen LogP contribution in [-0.2, 0) is 13.6 Å². The van der Waals surface area contributed by atoms with Gasteiger partial charge in [-0.1, -0.05) is 18.2 Å². The lowest BCUT2D eigenvalue weighted by Crippen LogP contribution is -2.23. The van der Waals surface area contributed by atoms with Crippen LogP contribution in [0.4, 0.5) is 0 Å². The number of benzene rings is 1. The number of aromatic nitrogens is 3. The van der Waals surface area contributed by atoms with Crippen molar-refractivity contribution < 1.29 is 0 Å². The first-order chi connectivity index (χ1) is 10.1. The van der Waals surface area contributed by atoms with Crippen molar-refractivity contribution in [2.45, 2.75) is 6.54 Å². The first-order valence-electron chi connectivity index (χ1n) is 6.31. The van der Waals surface area contributed by atoms with Gasteiger partial charge in [0.1, 0.15) is 5.65 Å². The largest absolute Gasteiger partial charge is 0.335 e. The molecular formula is C15H11ClN4O. The van der Waals surface area contributed by atoms with E-state index in [1.807, 2.05) is 6.07 Å². The van der Waals surface area contributed by atoms with Crippen LogP contribution in [0.2, 0.25) is 5.28 Å². The molecule has 3 rings (SSSR count). The SMILES string of the molecule is Cn1ccc2c(=O)n(Cc3ccccc3C#N)c(Cl)nc21. The molecule has 104 valence electrons. The molecule has 0 aliphatic carbocycles. The number of hydrogen-bond donors (Lipinski definition) is 0. The smallest absolute Gasteiger partial charge is 0.264 e. The second kappa shape index (κ2) is 5.08. The highest BCUT2D eigenvalue weighted by molar-refractivity contribution is 6.28. The predicted molar refractivity (Wildman–Crippen MR) is 80.2 cm³/mol. The summed E-state index contributed by atoms with van der Waals surface area (Å²) in [5.74, 6) is 0. The van der Waals surface area contributed by atoms with E-state index in [2.05, 4.69) is 11.1 Å². The molecule has 0 saturated heterocycles. The van der Waals surface area contributed by atoms with E-state index in [1.165, 1.54) is 4.57 Å². The van der Waals surface area contributed by atoms with E-state index in [1.54, 1.807) is 42.1 Å². The summed E-state index contributed by atoms with van der Waals surface area (Å²) < 4.78 is 3.12. The van der Waals surface area contributed by atoms with Gasteiger partial charge < -0.3 is 4.57 Å². The summed E-state index contributed by atoms with van der Waals surface area (Å²) in [5, 5.41) is 9.74. The zero-order chi connectivity index (χ0) is 15.0. The first kappa shape index (κ1) is 13.4. The second-order valence-electron chi connectivity index (χ2n) is 4.71. The molecule has 1 aromatic carbocycles. The summed E-state index contributed by atoms with van der Waals surface area (Å²) >= 11 is 6.14. The highest BCUT2D eigenvalue weighted by Gasteiger charge is 2.13. The molecular weight excluding hydrogens is 288 g/mol. The van der Waals surface area contributed by atoms with Crippen molar-refractivity contribution in [1.29, 1.82) is 5.26 Å². The highest BCUT2D eigenvalue weighted by Crippen LogP contribution is 2.15. The first-order valence-corrected chi connectivity index (χ1v) is 6.69. The summed E-state index contributed by atoms with van der Waals surface area (Å²) in [6, 6.07) is 10.9. The maximum atomic E-state index is 12.5. The molecule has 0 aliphatic heterocycles. The molecule has 0 radical (unpaired) electrons. The lowest BCUT2D eigenvalue weighted by molar-refractivity contribution is 0.744. The molecule has 0 spiro atoms. The summed E-state index contributed by atoms with van der Waals surface area (Å²) in [6.07, 6.45) is 1.77. The molecule has 5 nitrogen and oxygen atoms in total. The number of halogens is 1. The van der Waals surface area contributed by atoms with E-state index in [0.717, 1.165) is 5.56 Å². The van der Waals surface area contributed by atoms with E-state index in [0.29, 0.717) is 16.6 Å². The van der Waals surface area contributed by atoms with Gasteiger partial charge in [0.15, 0.2) is 0 Å². The molecule has 0 aliphatic rings. The fraction of sp³-hybridized carbons (Fsp3) is 0.133. The van der Waals surface area contributed by atoms with Gasteiger partial charge in [0.2, 0.25) is 5.28 Å². The Hall–Kier alpha value is -2.58. The molecule has 0 atom stereocenters. The average molecular weight is 299 g/mol. The Balaban J connectivity index is 2.18. The van der Waals surface area contributed by atoms with E-state index < -0.39 is 0 Å². The summed E-state index contributed by atoms with van der Waals surface area (Å²) in [6.45, 7) is 0.221. The van der Waals surface area contributed by atoms with Crippen LogP contribution in [0.5, 0.6) is 0 Å². The van der Waals surface area contributed by atoms with E-state index >= 15 is 0 Å². The maximum absolute atomic E-state index is 12.5. The normalized spacial score (nSPS) is 10.7. The van der Waals surface area contributed by atoms with Crippen LogP contribution in [0.25, 0.3) is 11.0 Å². The van der Waals surface area contributed by atoms with Gasteiger partial charge in [-0.25, -0.2) is 4.98 Å². The summed E-state index contributed by atoms with van der Waals surface area (Å²) in [7, 11) is 1.81. The van der Waals surface area contributed by atoms with Gasteiger partial charge >= 0.3 is 0 Å².